The predicted octanol–water partition coefficient (Wildman–Crippen LogP) is 2.88. The molecule has 1 unspecified atom stereocenters. The lowest BCUT2D eigenvalue weighted by Gasteiger charge is -2.05. The molecule has 2 rings (SSSR count). The molecular weight excluding hydrogens is 254 g/mol. The van der Waals surface area contributed by atoms with E-state index >= 15 is 0 Å². The molecule has 0 spiro atoms. The molecule has 0 aromatic carbocycles. The fourth-order valence-corrected chi connectivity index (χ4v) is 3.42. The number of aromatic nitrogens is 2. The molecule has 1 aromatic rings. The number of ether oxygens (including phenoxy) is 1. The SMILES string of the molecule is CC(C)CNc1nnc(SCC2CCCO2)s1. The van der Waals surface area contributed by atoms with E-state index in [4.69, 9.17) is 4.74 Å². The third-order valence-corrected chi connectivity index (χ3v) is 4.63. The van der Waals surface area contributed by atoms with Crippen LogP contribution in [0.4, 0.5) is 5.13 Å². The largest absolute Gasteiger partial charge is 0.377 e. The van der Waals surface area contributed by atoms with Gasteiger partial charge in [-0.2, -0.15) is 0 Å². The number of anilines is 1. The highest BCUT2D eigenvalue weighted by Gasteiger charge is 2.16. The molecule has 1 aromatic heterocycles. The lowest BCUT2D eigenvalue weighted by atomic mass is 10.2. The molecule has 1 fully saturated rings. The number of thioether (sulfide) groups is 1. The van der Waals surface area contributed by atoms with Crippen LogP contribution in [0.1, 0.15) is 26.7 Å². The predicted molar refractivity (Wildman–Crippen MR) is 72.9 cm³/mol. The molecule has 17 heavy (non-hydrogen) atoms. The van der Waals surface area contributed by atoms with Crippen molar-refractivity contribution < 1.29 is 4.74 Å². The van der Waals surface area contributed by atoms with E-state index in [2.05, 4.69) is 29.4 Å². The summed E-state index contributed by atoms with van der Waals surface area (Å²) in [5, 5.41) is 12.5. The molecule has 1 aliphatic heterocycles. The normalized spacial score (nSPS) is 20.1. The van der Waals surface area contributed by atoms with E-state index in [1.807, 2.05) is 0 Å². The molecule has 0 saturated carbocycles. The third kappa shape index (κ3) is 4.44. The molecular formula is C11H19N3OS2. The van der Waals surface area contributed by atoms with Crippen LogP contribution in [0, 0.1) is 5.92 Å². The first-order valence-corrected chi connectivity index (χ1v) is 7.86. The van der Waals surface area contributed by atoms with Crippen LogP contribution in [0.15, 0.2) is 4.34 Å². The van der Waals surface area contributed by atoms with E-state index in [1.165, 1.54) is 12.8 Å². The van der Waals surface area contributed by atoms with E-state index in [9.17, 15) is 0 Å². The van der Waals surface area contributed by atoms with Gasteiger partial charge in [0.15, 0.2) is 4.34 Å². The average molecular weight is 273 g/mol. The number of nitrogens with one attached hydrogen (secondary N) is 1. The van der Waals surface area contributed by atoms with E-state index in [1.54, 1.807) is 23.1 Å². The average Bonchev–Trinajstić information content (AvgIpc) is 2.95. The lowest BCUT2D eigenvalue weighted by molar-refractivity contribution is 0.129. The Balaban J connectivity index is 1.73. The maximum atomic E-state index is 5.58. The van der Waals surface area contributed by atoms with Gasteiger partial charge >= 0.3 is 0 Å². The van der Waals surface area contributed by atoms with Crippen LogP contribution in [-0.2, 0) is 4.74 Å². The van der Waals surface area contributed by atoms with Gasteiger partial charge < -0.3 is 10.1 Å². The number of hydrogen-bond acceptors (Lipinski definition) is 6. The fourth-order valence-electron chi connectivity index (χ4n) is 1.57. The smallest absolute Gasteiger partial charge is 0.206 e. The van der Waals surface area contributed by atoms with Crippen molar-refractivity contribution in [1.29, 1.82) is 0 Å². The number of rotatable bonds is 6. The van der Waals surface area contributed by atoms with Crippen molar-refractivity contribution in [2.24, 2.45) is 5.92 Å². The molecule has 1 N–H and O–H groups in total. The van der Waals surface area contributed by atoms with Crippen LogP contribution in [0.25, 0.3) is 0 Å². The molecule has 0 bridgehead atoms. The van der Waals surface area contributed by atoms with Crippen LogP contribution in [-0.4, -0.2) is 35.2 Å². The fraction of sp³-hybridized carbons (Fsp3) is 0.818. The summed E-state index contributed by atoms with van der Waals surface area (Å²) in [5.41, 5.74) is 0. The highest BCUT2D eigenvalue weighted by Crippen LogP contribution is 2.28. The summed E-state index contributed by atoms with van der Waals surface area (Å²) < 4.78 is 6.61. The van der Waals surface area contributed by atoms with Crippen LogP contribution < -0.4 is 5.32 Å². The van der Waals surface area contributed by atoms with Gasteiger partial charge in [-0.05, 0) is 18.8 Å². The minimum Gasteiger partial charge on any atom is -0.377 e. The Hall–Kier alpha value is -0.330. The third-order valence-electron chi connectivity index (χ3n) is 2.48. The Bertz CT molecular complexity index is 337. The highest BCUT2D eigenvalue weighted by molar-refractivity contribution is 8.01. The zero-order valence-corrected chi connectivity index (χ0v) is 11.9. The Morgan fingerprint density at radius 1 is 1.53 bits per heavy atom. The molecule has 6 heteroatoms. The van der Waals surface area contributed by atoms with Gasteiger partial charge in [0, 0.05) is 18.9 Å². The summed E-state index contributed by atoms with van der Waals surface area (Å²) in [5.74, 6) is 1.63. The van der Waals surface area contributed by atoms with Crippen LogP contribution >= 0.6 is 23.1 Å². The molecule has 4 nitrogen and oxygen atoms in total. The first-order valence-electron chi connectivity index (χ1n) is 6.06. The van der Waals surface area contributed by atoms with Crippen molar-refractivity contribution in [3.05, 3.63) is 0 Å². The Kier molecular flexibility index (Phi) is 5.06. The van der Waals surface area contributed by atoms with Gasteiger partial charge in [-0.25, -0.2) is 0 Å². The Morgan fingerprint density at radius 3 is 3.12 bits per heavy atom. The van der Waals surface area contributed by atoms with Crippen molar-refractivity contribution in [3.8, 4) is 0 Å². The maximum absolute atomic E-state index is 5.58. The van der Waals surface area contributed by atoms with Crippen LogP contribution in [0.3, 0.4) is 0 Å². The molecule has 0 radical (unpaired) electrons. The second-order valence-electron chi connectivity index (χ2n) is 4.59. The highest BCUT2D eigenvalue weighted by atomic mass is 32.2. The van der Waals surface area contributed by atoms with Crippen LogP contribution in [0.5, 0.6) is 0 Å². The summed E-state index contributed by atoms with van der Waals surface area (Å²) in [7, 11) is 0. The monoisotopic (exact) mass is 273 g/mol. The van der Waals surface area contributed by atoms with Crippen molar-refractivity contribution in [1.82, 2.24) is 10.2 Å². The molecule has 1 atom stereocenters. The molecule has 1 saturated heterocycles. The van der Waals surface area contributed by atoms with Crippen molar-refractivity contribution in [3.63, 3.8) is 0 Å². The number of nitrogens with zero attached hydrogens (tertiary/aromatic N) is 2. The minimum atomic E-state index is 0.413. The van der Waals surface area contributed by atoms with Gasteiger partial charge in [-0.15, -0.1) is 10.2 Å². The summed E-state index contributed by atoms with van der Waals surface area (Å²) in [6.07, 6.45) is 2.79. The summed E-state index contributed by atoms with van der Waals surface area (Å²) in [6.45, 7) is 6.23. The maximum Gasteiger partial charge on any atom is 0.206 e. The van der Waals surface area contributed by atoms with E-state index in [0.717, 1.165) is 28.4 Å². The summed E-state index contributed by atoms with van der Waals surface area (Å²) >= 11 is 3.38. The Labute approximate surface area is 111 Å². The Morgan fingerprint density at radius 2 is 2.41 bits per heavy atom. The molecule has 0 amide bonds. The molecule has 2 heterocycles. The zero-order valence-electron chi connectivity index (χ0n) is 10.3. The molecule has 96 valence electrons. The molecule has 1 aliphatic rings. The van der Waals surface area contributed by atoms with Crippen LogP contribution in [0.2, 0.25) is 0 Å². The lowest BCUT2D eigenvalue weighted by Crippen LogP contribution is -2.07. The van der Waals surface area contributed by atoms with Gasteiger partial charge in [-0.1, -0.05) is 36.9 Å². The quantitative estimate of drug-likeness (QED) is 0.808. The second-order valence-corrected chi connectivity index (χ2v) is 6.84. The van der Waals surface area contributed by atoms with Gasteiger partial charge in [-0.3, -0.25) is 0 Å². The van der Waals surface area contributed by atoms with Gasteiger partial charge in [0.1, 0.15) is 0 Å². The topological polar surface area (TPSA) is 47.0 Å². The zero-order chi connectivity index (χ0) is 12.1. The first-order chi connectivity index (χ1) is 8.24. The standard InChI is InChI=1S/C11H19N3OS2/c1-8(2)6-12-10-13-14-11(17-10)16-7-9-4-3-5-15-9/h8-9H,3-7H2,1-2H3,(H,12,13). The van der Waals surface area contributed by atoms with E-state index < -0.39 is 0 Å². The van der Waals surface area contributed by atoms with Gasteiger partial charge in [0.05, 0.1) is 6.10 Å². The van der Waals surface area contributed by atoms with Crippen molar-refractivity contribution in [2.45, 2.75) is 37.1 Å². The van der Waals surface area contributed by atoms with Crippen molar-refractivity contribution >= 4 is 28.2 Å². The first kappa shape index (κ1) is 13.1. The number of hydrogen-bond donors (Lipinski definition) is 1. The second kappa shape index (κ2) is 6.56. The van der Waals surface area contributed by atoms with E-state index in [0.29, 0.717) is 12.0 Å². The van der Waals surface area contributed by atoms with Gasteiger partial charge in [0.25, 0.3) is 0 Å². The molecule has 0 aliphatic carbocycles. The van der Waals surface area contributed by atoms with Gasteiger partial charge in [0.2, 0.25) is 5.13 Å². The van der Waals surface area contributed by atoms with Crippen molar-refractivity contribution in [2.75, 3.05) is 24.2 Å². The summed E-state index contributed by atoms with van der Waals surface area (Å²) in [6, 6.07) is 0. The summed E-state index contributed by atoms with van der Waals surface area (Å²) in [4.78, 5) is 0. The minimum absolute atomic E-state index is 0.413. The van der Waals surface area contributed by atoms with E-state index in [-0.39, 0.29) is 0 Å².